The first-order valence-corrected chi connectivity index (χ1v) is 8.49. The Bertz CT molecular complexity index is 662. The van der Waals surface area contributed by atoms with Gasteiger partial charge in [-0.1, -0.05) is 48.0 Å². The summed E-state index contributed by atoms with van der Waals surface area (Å²) >= 11 is 0. The Labute approximate surface area is 143 Å². The fourth-order valence-electron chi connectivity index (χ4n) is 3.18. The lowest BCUT2D eigenvalue weighted by molar-refractivity contribution is 0.0683. The van der Waals surface area contributed by atoms with Gasteiger partial charge in [-0.25, -0.2) is 4.79 Å². The second-order valence-corrected chi connectivity index (χ2v) is 6.48. The monoisotopic (exact) mass is 324 g/mol. The lowest BCUT2D eigenvalue weighted by Crippen LogP contribution is -2.42. The minimum Gasteiger partial charge on any atom is -0.388 e. The van der Waals surface area contributed by atoms with Gasteiger partial charge in [0.15, 0.2) is 0 Å². The standard InChI is InChI=1S/C20H24N2O2/c1-15-7-9-18(10-8-15)21-20(24)22-13-11-17(12-14-22)19(23)16-5-3-2-4-6-16/h2-10,17,19,23H,11-14H2,1H3,(H,21,24)/t19-/m1/s1. The normalized spacial score (nSPS) is 16.7. The van der Waals surface area contributed by atoms with Gasteiger partial charge in [-0.15, -0.1) is 0 Å². The highest BCUT2D eigenvalue weighted by molar-refractivity contribution is 5.89. The number of nitrogens with one attached hydrogen (secondary N) is 1. The quantitative estimate of drug-likeness (QED) is 0.897. The van der Waals surface area contributed by atoms with Crippen LogP contribution in [0.4, 0.5) is 10.5 Å². The van der Waals surface area contributed by atoms with E-state index >= 15 is 0 Å². The van der Waals surface area contributed by atoms with E-state index in [1.54, 1.807) is 0 Å². The lowest BCUT2D eigenvalue weighted by atomic mass is 9.87. The van der Waals surface area contributed by atoms with Gasteiger partial charge in [0, 0.05) is 18.8 Å². The molecule has 1 aliphatic rings. The maximum Gasteiger partial charge on any atom is 0.321 e. The first kappa shape index (κ1) is 16.5. The summed E-state index contributed by atoms with van der Waals surface area (Å²) in [7, 11) is 0. The fourth-order valence-corrected chi connectivity index (χ4v) is 3.18. The topological polar surface area (TPSA) is 52.6 Å². The molecule has 2 N–H and O–H groups in total. The van der Waals surface area contributed by atoms with Crippen LogP contribution in [0, 0.1) is 12.8 Å². The maximum absolute atomic E-state index is 12.4. The highest BCUT2D eigenvalue weighted by atomic mass is 16.3. The predicted molar refractivity (Wildman–Crippen MR) is 95.9 cm³/mol. The molecule has 0 saturated carbocycles. The number of amides is 2. The smallest absolute Gasteiger partial charge is 0.321 e. The molecule has 24 heavy (non-hydrogen) atoms. The Morgan fingerprint density at radius 2 is 1.71 bits per heavy atom. The molecule has 3 rings (SSSR count). The molecule has 0 unspecified atom stereocenters. The number of anilines is 1. The summed E-state index contributed by atoms with van der Waals surface area (Å²) in [6.07, 6.45) is 1.18. The third kappa shape index (κ3) is 3.95. The zero-order valence-corrected chi connectivity index (χ0v) is 14.0. The van der Waals surface area contributed by atoms with Crippen LogP contribution < -0.4 is 5.32 Å². The highest BCUT2D eigenvalue weighted by Crippen LogP contribution is 2.30. The van der Waals surface area contributed by atoms with Crippen molar-refractivity contribution in [3.8, 4) is 0 Å². The van der Waals surface area contributed by atoms with Gasteiger partial charge in [-0.2, -0.15) is 0 Å². The minimum absolute atomic E-state index is 0.0634. The first-order valence-electron chi connectivity index (χ1n) is 8.49. The highest BCUT2D eigenvalue weighted by Gasteiger charge is 2.28. The van der Waals surface area contributed by atoms with E-state index in [9.17, 15) is 9.90 Å². The SMILES string of the molecule is Cc1ccc(NC(=O)N2CCC([C@H](O)c3ccccc3)CC2)cc1. The van der Waals surface area contributed by atoms with Crippen molar-refractivity contribution in [2.45, 2.75) is 25.9 Å². The molecule has 0 spiro atoms. The molecule has 126 valence electrons. The third-order valence-electron chi connectivity index (χ3n) is 4.72. The molecule has 4 heteroatoms. The Morgan fingerprint density at radius 1 is 1.08 bits per heavy atom. The van der Waals surface area contributed by atoms with E-state index < -0.39 is 6.10 Å². The average Bonchev–Trinajstić information content (AvgIpc) is 2.64. The van der Waals surface area contributed by atoms with Crippen molar-refractivity contribution < 1.29 is 9.90 Å². The van der Waals surface area contributed by atoms with Crippen LogP contribution >= 0.6 is 0 Å². The molecule has 1 saturated heterocycles. The minimum atomic E-state index is -0.450. The average molecular weight is 324 g/mol. The van der Waals surface area contributed by atoms with Gasteiger partial charge >= 0.3 is 6.03 Å². The molecule has 2 amide bonds. The predicted octanol–water partition coefficient (Wildman–Crippen LogP) is 3.97. The summed E-state index contributed by atoms with van der Waals surface area (Å²) < 4.78 is 0. The second-order valence-electron chi connectivity index (χ2n) is 6.48. The first-order chi connectivity index (χ1) is 11.6. The molecule has 0 bridgehead atoms. The van der Waals surface area contributed by atoms with E-state index in [2.05, 4.69) is 5.32 Å². The molecule has 1 aliphatic heterocycles. The van der Waals surface area contributed by atoms with Crippen molar-refractivity contribution in [3.63, 3.8) is 0 Å². The van der Waals surface area contributed by atoms with E-state index in [4.69, 9.17) is 0 Å². The van der Waals surface area contributed by atoms with Crippen molar-refractivity contribution in [3.05, 3.63) is 65.7 Å². The Balaban J connectivity index is 1.53. The van der Waals surface area contributed by atoms with Crippen LogP contribution in [0.3, 0.4) is 0 Å². The van der Waals surface area contributed by atoms with Crippen molar-refractivity contribution in [2.75, 3.05) is 18.4 Å². The molecule has 0 aliphatic carbocycles. The van der Waals surface area contributed by atoms with Crippen molar-refractivity contribution in [1.82, 2.24) is 4.90 Å². The number of likely N-dealkylation sites (tertiary alicyclic amines) is 1. The van der Waals surface area contributed by atoms with E-state index in [1.165, 1.54) is 5.56 Å². The van der Waals surface area contributed by atoms with Crippen LogP contribution in [0.15, 0.2) is 54.6 Å². The molecule has 1 heterocycles. The third-order valence-corrected chi connectivity index (χ3v) is 4.72. The number of carbonyl (C=O) groups is 1. The molecule has 2 aromatic carbocycles. The second kappa shape index (κ2) is 7.49. The zero-order valence-electron chi connectivity index (χ0n) is 14.0. The molecular weight excluding hydrogens is 300 g/mol. The number of aliphatic hydroxyl groups excluding tert-OH is 1. The number of nitrogens with zero attached hydrogens (tertiary/aromatic N) is 1. The van der Waals surface area contributed by atoms with Gasteiger partial charge in [0.05, 0.1) is 6.10 Å². The van der Waals surface area contributed by atoms with Crippen LogP contribution in [-0.4, -0.2) is 29.1 Å². The van der Waals surface area contributed by atoms with E-state index in [1.807, 2.05) is 66.4 Å². The fraction of sp³-hybridized carbons (Fsp3) is 0.350. The number of aryl methyl sites for hydroxylation is 1. The largest absolute Gasteiger partial charge is 0.388 e. The summed E-state index contributed by atoms with van der Waals surface area (Å²) in [6.45, 7) is 3.37. The van der Waals surface area contributed by atoms with Gasteiger partial charge in [0.25, 0.3) is 0 Å². The van der Waals surface area contributed by atoms with E-state index in [0.717, 1.165) is 24.1 Å². The Morgan fingerprint density at radius 3 is 2.33 bits per heavy atom. The maximum atomic E-state index is 12.4. The summed E-state index contributed by atoms with van der Waals surface area (Å²) in [4.78, 5) is 14.2. The van der Waals surface area contributed by atoms with Crippen LogP contribution in [0.1, 0.15) is 30.1 Å². The van der Waals surface area contributed by atoms with Crippen LogP contribution in [-0.2, 0) is 0 Å². The van der Waals surface area contributed by atoms with Crippen LogP contribution in [0.5, 0.6) is 0 Å². The number of hydrogen-bond donors (Lipinski definition) is 2. The number of benzene rings is 2. The molecule has 4 nitrogen and oxygen atoms in total. The molecule has 0 radical (unpaired) electrons. The molecule has 2 aromatic rings. The number of piperidine rings is 1. The van der Waals surface area contributed by atoms with Crippen molar-refractivity contribution in [1.29, 1.82) is 0 Å². The molecule has 0 aromatic heterocycles. The van der Waals surface area contributed by atoms with E-state index in [-0.39, 0.29) is 11.9 Å². The molecule has 1 atom stereocenters. The van der Waals surface area contributed by atoms with E-state index in [0.29, 0.717) is 13.1 Å². The summed E-state index contributed by atoms with van der Waals surface area (Å²) in [5.41, 5.74) is 2.95. The lowest BCUT2D eigenvalue weighted by Gasteiger charge is -2.34. The van der Waals surface area contributed by atoms with Crippen molar-refractivity contribution >= 4 is 11.7 Å². The number of urea groups is 1. The number of carbonyl (C=O) groups excluding carboxylic acids is 1. The summed E-state index contributed by atoms with van der Waals surface area (Å²) in [5, 5.41) is 13.5. The van der Waals surface area contributed by atoms with Gasteiger partial charge in [0.1, 0.15) is 0 Å². The van der Waals surface area contributed by atoms with Crippen LogP contribution in [0.2, 0.25) is 0 Å². The Hall–Kier alpha value is -2.33. The van der Waals surface area contributed by atoms with Gasteiger partial charge in [0.2, 0.25) is 0 Å². The summed E-state index contributed by atoms with van der Waals surface area (Å²) in [6, 6.07) is 17.5. The number of aliphatic hydroxyl groups is 1. The molecular formula is C20H24N2O2. The van der Waals surface area contributed by atoms with Gasteiger partial charge in [-0.05, 0) is 43.4 Å². The van der Waals surface area contributed by atoms with Gasteiger partial charge in [-0.3, -0.25) is 0 Å². The van der Waals surface area contributed by atoms with Gasteiger partial charge < -0.3 is 15.3 Å². The number of rotatable bonds is 3. The Kier molecular flexibility index (Phi) is 5.16. The van der Waals surface area contributed by atoms with Crippen molar-refractivity contribution in [2.24, 2.45) is 5.92 Å². The number of hydrogen-bond acceptors (Lipinski definition) is 2. The van der Waals surface area contributed by atoms with Crippen LogP contribution in [0.25, 0.3) is 0 Å². The summed E-state index contributed by atoms with van der Waals surface area (Å²) in [5.74, 6) is 0.204. The molecule has 1 fully saturated rings. The zero-order chi connectivity index (χ0) is 16.9.